The second kappa shape index (κ2) is 3.17. The molecule has 0 aliphatic rings. The van der Waals surface area contributed by atoms with Gasteiger partial charge in [0.15, 0.2) is 0 Å². The zero-order chi connectivity index (χ0) is 10.3. The summed E-state index contributed by atoms with van der Waals surface area (Å²) in [4.78, 5) is 0. The minimum Gasteiger partial charge on any atom is -0.506 e. The van der Waals surface area contributed by atoms with Crippen molar-refractivity contribution in [3.8, 4) is 5.75 Å². The predicted octanol–water partition coefficient (Wildman–Crippen LogP) is 2.98. The zero-order valence-electron chi connectivity index (χ0n) is 8.03. The van der Waals surface area contributed by atoms with Gasteiger partial charge in [0, 0.05) is 11.4 Å². The number of aromatic nitrogens is 2. The van der Waals surface area contributed by atoms with E-state index in [9.17, 15) is 5.11 Å². The van der Waals surface area contributed by atoms with Crippen LogP contribution in [-0.4, -0.2) is 14.9 Å². The molecule has 0 fully saturated rings. The molecule has 0 atom stereocenters. The Bertz CT molecular complexity index is 476. The van der Waals surface area contributed by atoms with E-state index in [0.717, 1.165) is 5.39 Å². The lowest BCUT2D eigenvalue weighted by Gasteiger charge is -2.05. The Labute approximate surface area is 86.9 Å². The third kappa shape index (κ3) is 1.24. The van der Waals surface area contributed by atoms with Crippen molar-refractivity contribution >= 4 is 22.5 Å². The minimum absolute atomic E-state index is 0.170. The van der Waals surface area contributed by atoms with Crippen molar-refractivity contribution in [2.45, 2.75) is 19.9 Å². The van der Waals surface area contributed by atoms with E-state index in [0.29, 0.717) is 10.7 Å². The third-order valence-corrected chi connectivity index (χ3v) is 2.51. The standard InChI is InChI=1S/C10H11ClN2O/c1-6(2)13-10(11)7-4-3-5-8(14)9(7)12-13/h3-6,14H,1-2H3. The number of rotatable bonds is 1. The molecule has 2 aromatic rings. The maximum Gasteiger partial charge on any atom is 0.143 e. The van der Waals surface area contributed by atoms with Crippen molar-refractivity contribution in [1.29, 1.82) is 0 Å². The molecule has 1 N–H and O–H groups in total. The SMILES string of the molecule is CC(C)n1nc2c(O)cccc2c1Cl. The molecule has 0 bridgehead atoms. The highest BCUT2D eigenvalue weighted by molar-refractivity contribution is 6.34. The van der Waals surface area contributed by atoms with Gasteiger partial charge in [-0.05, 0) is 26.0 Å². The summed E-state index contributed by atoms with van der Waals surface area (Å²) in [5, 5.41) is 15.2. The average molecular weight is 211 g/mol. The van der Waals surface area contributed by atoms with E-state index < -0.39 is 0 Å². The molecule has 2 rings (SSSR count). The maximum absolute atomic E-state index is 9.56. The lowest BCUT2D eigenvalue weighted by atomic mass is 10.2. The Hall–Kier alpha value is -1.22. The van der Waals surface area contributed by atoms with Crippen molar-refractivity contribution in [1.82, 2.24) is 9.78 Å². The quantitative estimate of drug-likeness (QED) is 0.786. The number of phenols is 1. The summed E-state index contributed by atoms with van der Waals surface area (Å²) in [5.74, 6) is 0.170. The van der Waals surface area contributed by atoms with E-state index >= 15 is 0 Å². The maximum atomic E-state index is 9.56. The van der Waals surface area contributed by atoms with Crippen LogP contribution in [0.1, 0.15) is 19.9 Å². The molecule has 4 heteroatoms. The fourth-order valence-corrected chi connectivity index (χ4v) is 1.81. The van der Waals surface area contributed by atoms with Gasteiger partial charge in [0.25, 0.3) is 0 Å². The molecular weight excluding hydrogens is 200 g/mol. The molecule has 1 heterocycles. The Balaban J connectivity index is 2.80. The second-order valence-corrected chi connectivity index (χ2v) is 3.86. The van der Waals surface area contributed by atoms with Gasteiger partial charge in [0.2, 0.25) is 0 Å². The molecule has 0 saturated carbocycles. The first-order valence-corrected chi connectivity index (χ1v) is 4.84. The first-order valence-electron chi connectivity index (χ1n) is 4.47. The van der Waals surface area contributed by atoms with Crippen LogP contribution in [0.3, 0.4) is 0 Å². The van der Waals surface area contributed by atoms with Crippen LogP contribution in [0.4, 0.5) is 0 Å². The molecule has 0 unspecified atom stereocenters. The van der Waals surface area contributed by atoms with Gasteiger partial charge in [-0.2, -0.15) is 5.10 Å². The van der Waals surface area contributed by atoms with Gasteiger partial charge in [0.1, 0.15) is 16.4 Å². The summed E-state index contributed by atoms with van der Waals surface area (Å²) in [6.07, 6.45) is 0. The Morgan fingerprint density at radius 1 is 1.43 bits per heavy atom. The van der Waals surface area contributed by atoms with Crippen molar-refractivity contribution in [2.75, 3.05) is 0 Å². The van der Waals surface area contributed by atoms with Gasteiger partial charge in [-0.25, -0.2) is 0 Å². The van der Waals surface area contributed by atoms with Crippen LogP contribution < -0.4 is 0 Å². The van der Waals surface area contributed by atoms with Gasteiger partial charge in [-0.15, -0.1) is 0 Å². The molecule has 1 aromatic heterocycles. The molecule has 0 spiro atoms. The molecule has 0 aliphatic carbocycles. The van der Waals surface area contributed by atoms with E-state index in [2.05, 4.69) is 5.10 Å². The van der Waals surface area contributed by atoms with Crippen LogP contribution in [0.25, 0.3) is 10.9 Å². The number of hydrogen-bond donors (Lipinski definition) is 1. The molecule has 0 aliphatic heterocycles. The highest BCUT2D eigenvalue weighted by atomic mass is 35.5. The van der Waals surface area contributed by atoms with Crippen molar-refractivity contribution in [3.63, 3.8) is 0 Å². The van der Waals surface area contributed by atoms with Gasteiger partial charge >= 0.3 is 0 Å². The van der Waals surface area contributed by atoms with Gasteiger partial charge < -0.3 is 5.11 Å². The van der Waals surface area contributed by atoms with Crippen LogP contribution >= 0.6 is 11.6 Å². The van der Waals surface area contributed by atoms with E-state index in [-0.39, 0.29) is 11.8 Å². The number of fused-ring (bicyclic) bond motifs is 1. The highest BCUT2D eigenvalue weighted by Gasteiger charge is 2.13. The molecule has 0 saturated heterocycles. The van der Waals surface area contributed by atoms with Crippen LogP contribution in [0.2, 0.25) is 5.15 Å². The number of halogens is 1. The number of nitrogens with zero attached hydrogens (tertiary/aromatic N) is 2. The first-order chi connectivity index (χ1) is 6.61. The summed E-state index contributed by atoms with van der Waals surface area (Å²) in [5.41, 5.74) is 0.561. The number of benzene rings is 1. The fraction of sp³-hybridized carbons (Fsp3) is 0.300. The Kier molecular flexibility index (Phi) is 2.11. The van der Waals surface area contributed by atoms with Crippen molar-refractivity contribution < 1.29 is 5.11 Å². The highest BCUT2D eigenvalue weighted by Crippen LogP contribution is 2.30. The first kappa shape index (κ1) is 9.34. The lowest BCUT2D eigenvalue weighted by molar-refractivity contribution is 0.477. The summed E-state index contributed by atoms with van der Waals surface area (Å²) < 4.78 is 1.70. The van der Waals surface area contributed by atoms with Crippen molar-refractivity contribution in [2.24, 2.45) is 0 Å². The van der Waals surface area contributed by atoms with Gasteiger partial charge in [-0.3, -0.25) is 4.68 Å². The van der Waals surface area contributed by atoms with E-state index in [4.69, 9.17) is 11.6 Å². The monoisotopic (exact) mass is 210 g/mol. The molecule has 0 amide bonds. The van der Waals surface area contributed by atoms with Crippen LogP contribution in [-0.2, 0) is 0 Å². The van der Waals surface area contributed by atoms with E-state index in [1.807, 2.05) is 19.9 Å². The van der Waals surface area contributed by atoms with Gasteiger partial charge in [-0.1, -0.05) is 17.7 Å². The zero-order valence-corrected chi connectivity index (χ0v) is 8.78. The minimum atomic E-state index is 0.170. The molecule has 0 radical (unpaired) electrons. The topological polar surface area (TPSA) is 38.0 Å². The molecule has 14 heavy (non-hydrogen) atoms. The number of phenolic OH excluding ortho intramolecular Hbond substituents is 1. The van der Waals surface area contributed by atoms with Crippen LogP contribution in [0, 0.1) is 0 Å². The number of hydrogen-bond acceptors (Lipinski definition) is 2. The summed E-state index contributed by atoms with van der Waals surface area (Å²) >= 11 is 6.11. The molecule has 74 valence electrons. The lowest BCUT2D eigenvalue weighted by Crippen LogP contribution is -2.01. The molecular formula is C10H11ClN2O. The third-order valence-electron chi connectivity index (χ3n) is 2.13. The summed E-state index contributed by atoms with van der Waals surface area (Å²) in [6, 6.07) is 5.41. The second-order valence-electron chi connectivity index (χ2n) is 3.50. The fourth-order valence-electron chi connectivity index (χ4n) is 1.42. The van der Waals surface area contributed by atoms with Crippen LogP contribution in [0.5, 0.6) is 5.75 Å². The number of aromatic hydroxyl groups is 1. The Morgan fingerprint density at radius 3 is 2.71 bits per heavy atom. The molecule has 1 aromatic carbocycles. The molecule has 3 nitrogen and oxygen atoms in total. The van der Waals surface area contributed by atoms with Crippen molar-refractivity contribution in [3.05, 3.63) is 23.4 Å². The average Bonchev–Trinajstić information content (AvgIpc) is 2.46. The normalized spacial score (nSPS) is 11.4. The Morgan fingerprint density at radius 2 is 2.14 bits per heavy atom. The largest absolute Gasteiger partial charge is 0.506 e. The van der Waals surface area contributed by atoms with Gasteiger partial charge in [0.05, 0.1) is 0 Å². The summed E-state index contributed by atoms with van der Waals surface area (Å²) in [7, 11) is 0. The van der Waals surface area contributed by atoms with E-state index in [1.54, 1.807) is 16.8 Å². The summed E-state index contributed by atoms with van der Waals surface area (Å²) in [6.45, 7) is 3.99. The van der Waals surface area contributed by atoms with Crippen LogP contribution in [0.15, 0.2) is 18.2 Å². The van der Waals surface area contributed by atoms with E-state index in [1.165, 1.54) is 0 Å². The predicted molar refractivity (Wildman–Crippen MR) is 56.8 cm³/mol. The smallest absolute Gasteiger partial charge is 0.143 e.